The second kappa shape index (κ2) is 8.68. The Morgan fingerprint density at radius 2 is 2.00 bits per heavy atom. The Hall–Kier alpha value is -0.610. The predicted molar refractivity (Wildman–Crippen MR) is 60.1 cm³/mol. The summed E-state index contributed by atoms with van der Waals surface area (Å²) in [5, 5.41) is 8.50. The fourth-order valence-corrected chi connectivity index (χ4v) is 1.43. The Bertz CT molecular complexity index is 171. The summed E-state index contributed by atoms with van der Waals surface area (Å²) in [6, 6.07) is 0.491. The molecule has 0 spiro atoms. The van der Waals surface area contributed by atoms with E-state index in [-0.39, 0.29) is 6.42 Å². The summed E-state index contributed by atoms with van der Waals surface area (Å²) < 4.78 is 5.03. The highest BCUT2D eigenvalue weighted by atomic mass is 16.5. The molecule has 0 heterocycles. The first-order chi connectivity index (χ1) is 7.07. The number of rotatable bonds is 9. The normalized spacial score (nSPS) is 11.3. The summed E-state index contributed by atoms with van der Waals surface area (Å²) in [6.45, 7) is 6.90. The van der Waals surface area contributed by atoms with Crippen molar-refractivity contribution in [3.05, 3.63) is 0 Å². The Kier molecular flexibility index (Phi) is 8.33. The Morgan fingerprint density at radius 3 is 2.47 bits per heavy atom. The lowest BCUT2D eigenvalue weighted by atomic mass is 10.2. The first kappa shape index (κ1) is 14.4. The molecule has 4 heteroatoms. The van der Waals surface area contributed by atoms with Crippen molar-refractivity contribution in [2.24, 2.45) is 0 Å². The van der Waals surface area contributed by atoms with Gasteiger partial charge in [0.1, 0.15) is 0 Å². The van der Waals surface area contributed by atoms with Gasteiger partial charge in [-0.2, -0.15) is 0 Å². The number of unbranched alkanes of at least 4 members (excludes halogenated alkanes) is 1. The Morgan fingerprint density at radius 1 is 1.33 bits per heavy atom. The molecule has 0 radical (unpaired) electrons. The van der Waals surface area contributed by atoms with Crippen molar-refractivity contribution in [2.45, 2.75) is 39.2 Å². The zero-order chi connectivity index (χ0) is 11.7. The summed E-state index contributed by atoms with van der Waals surface area (Å²) in [7, 11) is 1.70. The van der Waals surface area contributed by atoms with Crippen LogP contribution in [0.2, 0.25) is 0 Å². The van der Waals surface area contributed by atoms with E-state index in [1.165, 1.54) is 0 Å². The van der Waals surface area contributed by atoms with E-state index in [1.807, 2.05) is 0 Å². The fourth-order valence-electron chi connectivity index (χ4n) is 1.43. The standard InChI is InChI=1S/C11H23NO3/c1-10(2)12(8-9-15-3)7-5-4-6-11(13)14/h10H,4-9H2,1-3H3,(H,13,14). The molecule has 0 amide bonds. The van der Waals surface area contributed by atoms with Gasteiger partial charge in [0.15, 0.2) is 0 Å². The summed E-state index contributed by atoms with van der Waals surface area (Å²) in [5.41, 5.74) is 0. The average molecular weight is 217 g/mol. The Balaban J connectivity index is 3.61. The lowest BCUT2D eigenvalue weighted by Gasteiger charge is -2.25. The number of nitrogens with zero attached hydrogens (tertiary/aromatic N) is 1. The van der Waals surface area contributed by atoms with Gasteiger partial charge in [-0.05, 0) is 33.2 Å². The molecule has 0 saturated heterocycles. The average Bonchev–Trinajstić information content (AvgIpc) is 2.15. The highest BCUT2D eigenvalue weighted by Crippen LogP contribution is 2.03. The molecular formula is C11H23NO3. The van der Waals surface area contributed by atoms with Gasteiger partial charge in [0, 0.05) is 26.1 Å². The number of carbonyl (C=O) groups is 1. The van der Waals surface area contributed by atoms with Crippen molar-refractivity contribution in [2.75, 3.05) is 26.8 Å². The third-order valence-electron chi connectivity index (χ3n) is 2.40. The van der Waals surface area contributed by atoms with Gasteiger partial charge >= 0.3 is 5.97 Å². The molecular weight excluding hydrogens is 194 g/mol. The van der Waals surface area contributed by atoms with Crippen molar-refractivity contribution in [3.8, 4) is 0 Å². The molecule has 0 aromatic heterocycles. The van der Waals surface area contributed by atoms with Crippen LogP contribution < -0.4 is 0 Å². The summed E-state index contributed by atoms with van der Waals surface area (Å²) in [5.74, 6) is -0.706. The van der Waals surface area contributed by atoms with E-state index in [0.717, 1.165) is 32.5 Å². The van der Waals surface area contributed by atoms with Gasteiger partial charge in [-0.25, -0.2) is 0 Å². The molecule has 0 aliphatic carbocycles. The van der Waals surface area contributed by atoms with E-state index >= 15 is 0 Å². The maximum atomic E-state index is 10.3. The summed E-state index contributed by atoms with van der Waals surface area (Å²) in [4.78, 5) is 12.6. The maximum absolute atomic E-state index is 10.3. The second-order valence-electron chi connectivity index (χ2n) is 3.97. The van der Waals surface area contributed by atoms with Crippen molar-refractivity contribution in [3.63, 3.8) is 0 Å². The number of carboxylic acid groups (broad SMARTS) is 1. The number of ether oxygens (including phenoxy) is 1. The molecule has 0 aliphatic heterocycles. The van der Waals surface area contributed by atoms with Crippen LogP contribution in [0.3, 0.4) is 0 Å². The van der Waals surface area contributed by atoms with E-state index in [4.69, 9.17) is 9.84 Å². The van der Waals surface area contributed by atoms with E-state index in [9.17, 15) is 4.79 Å². The first-order valence-electron chi connectivity index (χ1n) is 5.52. The lowest BCUT2D eigenvalue weighted by molar-refractivity contribution is -0.137. The summed E-state index contributed by atoms with van der Waals surface area (Å²) >= 11 is 0. The number of aliphatic carboxylic acids is 1. The highest BCUT2D eigenvalue weighted by Gasteiger charge is 2.08. The van der Waals surface area contributed by atoms with Gasteiger partial charge < -0.3 is 9.84 Å². The van der Waals surface area contributed by atoms with E-state index in [1.54, 1.807) is 7.11 Å². The molecule has 0 aliphatic rings. The topological polar surface area (TPSA) is 49.8 Å². The van der Waals surface area contributed by atoms with Crippen LogP contribution in [0.4, 0.5) is 0 Å². The minimum atomic E-state index is -0.706. The van der Waals surface area contributed by atoms with Crippen LogP contribution in [-0.2, 0) is 9.53 Å². The SMILES string of the molecule is COCCN(CCCCC(=O)O)C(C)C. The lowest BCUT2D eigenvalue weighted by Crippen LogP contribution is -2.34. The van der Waals surface area contributed by atoms with Gasteiger partial charge in [-0.3, -0.25) is 9.69 Å². The third-order valence-corrected chi connectivity index (χ3v) is 2.40. The fraction of sp³-hybridized carbons (Fsp3) is 0.909. The van der Waals surface area contributed by atoms with Crippen LogP contribution in [0, 0.1) is 0 Å². The number of carboxylic acids is 1. The quantitative estimate of drug-likeness (QED) is 0.596. The molecule has 0 atom stereocenters. The van der Waals surface area contributed by atoms with Gasteiger partial charge in [-0.15, -0.1) is 0 Å². The molecule has 1 N–H and O–H groups in total. The van der Waals surface area contributed by atoms with Crippen LogP contribution in [0.1, 0.15) is 33.1 Å². The molecule has 0 aromatic rings. The van der Waals surface area contributed by atoms with E-state index in [0.29, 0.717) is 6.04 Å². The molecule has 0 saturated carbocycles. The maximum Gasteiger partial charge on any atom is 0.303 e. The highest BCUT2D eigenvalue weighted by molar-refractivity contribution is 5.66. The zero-order valence-electron chi connectivity index (χ0n) is 10.0. The van der Waals surface area contributed by atoms with Crippen LogP contribution in [0.5, 0.6) is 0 Å². The number of methoxy groups -OCH3 is 1. The minimum Gasteiger partial charge on any atom is -0.481 e. The smallest absolute Gasteiger partial charge is 0.303 e. The molecule has 90 valence electrons. The molecule has 15 heavy (non-hydrogen) atoms. The van der Waals surface area contributed by atoms with Crippen molar-refractivity contribution < 1.29 is 14.6 Å². The monoisotopic (exact) mass is 217 g/mol. The first-order valence-corrected chi connectivity index (χ1v) is 5.52. The molecule has 0 aromatic carbocycles. The van der Waals surface area contributed by atoms with Crippen LogP contribution in [0.15, 0.2) is 0 Å². The van der Waals surface area contributed by atoms with Gasteiger partial charge in [0.05, 0.1) is 6.61 Å². The van der Waals surface area contributed by atoms with E-state index < -0.39 is 5.97 Å². The van der Waals surface area contributed by atoms with Gasteiger partial charge in [0.25, 0.3) is 0 Å². The summed E-state index contributed by atoms with van der Waals surface area (Å²) in [6.07, 6.45) is 1.97. The Labute approximate surface area is 92.2 Å². The molecule has 0 unspecified atom stereocenters. The molecule has 0 rings (SSSR count). The van der Waals surface area contributed by atoms with Crippen LogP contribution >= 0.6 is 0 Å². The zero-order valence-corrected chi connectivity index (χ0v) is 10.0. The van der Waals surface area contributed by atoms with Crippen molar-refractivity contribution in [1.82, 2.24) is 4.90 Å². The third kappa shape index (κ3) is 8.39. The molecule has 4 nitrogen and oxygen atoms in total. The van der Waals surface area contributed by atoms with E-state index in [2.05, 4.69) is 18.7 Å². The van der Waals surface area contributed by atoms with Crippen molar-refractivity contribution in [1.29, 1.82) is 0 Å². The van der Waals surface area contributed by atoms with Crippen LogP contribution in [0.25, 0.3) is 0 Å². The minimum absolute atomic E-state index is 0.274. The molecule has 0 fully saturated rings. The van der Waals surface area contributed by atoms with Gasteiger partial charge in [0.2, 0.25) is 0 Å². The number of hydrogen-bond acceptors (Lipinski definition) is 3. The largest absolute Gasteiger partial charge is 0.481 e. The second-order valence-corrected chi connectivity index (χ2v) is 3.97. The van der Waals surface area contributed by atoms with Gasteiger partial charge in [-0.1, -0.05) is 0 Å². The molecule has 0 bridgehead atoms. The van der Waals surface area contributed by atoms with Crippen LogP contribution in [-0.4, -0.2) is 48.8 Å². The van der Waals surface area contributed by atoms with Crippen molar-refractivity contribution >= 4 is 5.97 Å². The predicted octanol–water partition coefficient (Wildman–Crippen LogP) is 1.60. The number of hydrogen-bond donors (Lipinski definition) is 1.